The number of hydrogen-bond acceptors (Lipinski definition) is 5. The van der Waals surface area contributed by atoms with Crippen LogP contribution < -0.4 is 45.3 Å². The van der Waals surface area contributed by atoms with Crippen molar-refractivity contribution in [3.05, 3.63) is 35.9 Å². The first-order chi connectivity index (χ1) is 12.1. The summed E-state index contributed by atoms with van der Waals surface area (Å²) in [5.74, 6) is -1.88. The molecular formula is C18H22N3NaO4. The van der Waals surface area contributed by atoms with Gasteiger partial charge in [0.2, 0.25) is 11.8 Å². The van der Waals surface area contributed by atoms with E-state index in [1.807, 2.05) is 30.3 Å². The third-order valence-corrected chi connectivity index (χ3v) is 4.68. The predicted molar refractivity (Wildman–Crippen MR) is 88.2 cm³/mol. The Morgan fingerprint density at radius 2 is 1.77 bits per heavy atom. The van der Waals surface area contributed by atoms with E-state index in [4.69, 9.17) is 0 Å². The molecule has 8 heteroatoms. The van der Waals surface area contributed by atoms with E-state index in [9.17, 15) is 19.5 Å². The van der Waals surface area contributed by atoms with Crippen LogP contribution in [0.5, 0.6) is 0 Å². The van der Waals surface area contributed by atoms with Gasteiger partial charge in [-0.05, 0) is 24.8 Å². The van der Waals surface area contributed by atoms with Crippen LogP contribution in [0.3, 0.4) is 0 Å². The van der Waals surface area contributed by atoms with E-state index >= 15 is 0 Å². The van der Waals surface area contributed by atoms with Gasteiger partial charge in [0.25, 0.3) is 0 Å². The third kappa shape index (κ3) is 5.30. The minimum absolute atomic E-state index is 0. The molecule has 26 heavy (non-hydrogen) atoms. The Bertz CT molecular complexity index is 649. The fourth-order valence-corrected chi connectivity index (χ4v) is 3.22. The van der Waals surface area contributed by atoms with Crippen LogP contribution in [0, 0.1) is 0 Å². The second-order valence-corrected chi connectivity index (χ2v) is 6.58. The number of nitrogens with one attached hydrogen (secondary N) is 2. The molecular weight excluding hydrogens is 345 g/mol. The molecule has 2 aliphatic heterocycles. The number of aliphatic carboxylic acids is 1. The number of benzene rings is 1. The SMILES string of the molecule is O=C([O-])[C@H]1N[C@@H]1C(=O)N[C@@H](Cc1ccccc1)C(=O)N1CCCCC1.[Na+]. The Balaban J connectivity index is 0.00000243. The van der Waals surface area contributed by atoms with Crippen molar-refractivity contribution < 1.29 is 49.0 Å². The van der Waals surface area contributed by atoms with Gasteiger partial charge in [-0.3, -0.25) is 14.9 Å². The molecule has 0 aliphatic carbocycles. The van der Waals surface area contributed by atoms with Crippen molar-refractivity contribution in [3.63, 3.8) is 0 Å². The topological polar surface area (TPSA) is 111 Å². The molecule has 1 aromatic rings. The van der Waals surface area contributed by atoms with Gasteiger partial charge >= 0.3 is 29.6 Å². The first kappa shape index (κ1) is 20.9. The molecule has 1 aromatic carbocycles. The minimum Gasteiger partial charge on any atom is -0.548 e. The van der Waals surface area contributed by atoms with Gasteiger partial charge in [-0.2, -0.15) is 0 Å². The van der Waals surface area contributed by atoms with E-state index in [-0.39, 0.29) is 35.5 Å². The number of likely N-dealkylation sites (tertiary alicyclic amines) is 1. The summed E-state index contributed by atoms with van der Waals surface area (Å²) < 4.78 is 0. The van der Waals surface area contributed by atoms with E-state index in [0.717, 1.165) is 24.8 Å². The molecule has 0 spiro atoms. The van der Waals surface area contributed by atoms with Crippen molar-refractivity contribution in [2.75, 3.05) is 13.1 Å². The van der Waals surface area contributed by atoms with Gasteiger partial charge in [0.05, 0.1) is 12.0 Å². The zero-order valence-corrected chi connectivity index (χ0v) is 16.9. The Morgan fingerprint density at radius 1 is 1.12 bits per heavy atom. The van der Waals surface area contributed by atoms with Crippen molar-refractivity contribution in [1.29, 1.82) is 0 Å². The van der Waals surface area contributed by atoms with Crippen LogP contribution in [0.4, 0.5) is 0 Å². The van der Waals surface area contributed by atoms with Gasteiger partial charge in [-0.15, -0.1) is 0 Å². The summed E-state index contributed by atoms with van der Waals surface area (Å²) in [4.78, 5) is 37.7. The van der Waals surface area contributed by atoms with E-state index in [1.54, 1.807) is 4.90 Å². The number of carbonyl (C=O) groups excluding carboxylic acids is 3. The number of nitrogens with zero attached hydrogens (tertiary/aromatic N) is 1. The van der Waals surface area contributed by atoms with Gasteiger partial charge in [-0.25, -0.2) is 0 Å². The molecule has 0 radical (unpaired) electrons. The number of carboxylic acids is 1. The van der Waals surface area contributed by atoms with Crippen LogP contribution in [0.2, 0.25) is 0 Å². The van der Waals surface area contributed by atoms with Crippen LogP contribution in [0.1, 0.15) is 24.8 Å². The molecule has 7 nitrogen and oxygen atoms in total. The largest absolute Gasteiger partial charge is 1.00 e. The normalized spacial score (nSPS) is 22.7. The molecule has 2 fully saturated rings. The summed E-state index contributed by atoms with van der Waals surface area (Å²) in [6.45, 7) is 1.40. The zero-order valence-electron chi connectivity index (χ0n) is 14.9. The van der Waals surface area contributed by atoms with Crippen LogP contribution in [0.25, 0.3) is 0 Å². The number of carbonyl (C=O) groups is 3. The zero-order chi connectivity index (χ0) is 17.8. The molecule has 2 saturated heterocycles. The summed E-state index contributed by atoms with van der Waals surface area (Å²) in [6, 6.07) is 6.98. The Kier molecular flexibility index (Phi) is 7.64. The maximum absolute atomic E-state index is 12.9. The predicted octanol–water partition coefficient (Wildman–Crippen LogP) is -4.18. The van der Waals surface area contributed by atoms with Gasteiger partial charge in [0, 0.05) is 19.5 Å². The third-order valence-electron chi connectivity index (χ3n) is 4.68. The van der Waals surface area contributed by atoms with Crippen molar-refractivity contribution in [2.24, 2.45) is 0 Å². The summed E-state index contributed by atoms with van der Waals surface area (Å²) in [6.07, 6.45) is 3.42. The fraction of sp³-hybridized carbons (Fsp3) is 0.500. The maximum atomic E-state index is 12.9. The van der Waals surface area contributed by atoms with Gasteiger partial charge in [0.15, 0.2) is 0 Å². The standard InChI is InChI=1S/C18H23N3O4.Na/c22-16(14-15(20-14)18(24)25)19-13(11-12-7-3-1-4-8-12)17(23)21-9-5-2-6-10-21;/h1,3-4,7-8,13-15,20H,2,5-6,9-11H2,(H,19,22)(H,24,25);/q;+1/p-1/t13-,14-,15-;/m0./s1. The molecule has 134 valence electrons. The van der Waals surface area contributed by atoms with Gasteiger partial charge in [0.1, 0.15) is 12.1 Å². The Labute approximate surface area is 174 Å². The fourth-order valence-electron chi connectivity index (χ4n) is 3.22. The number of carboxylic acid groups (broad SMARTS) is 1. The molecule has 2 aliphatic rings. The summed E-state index contributed by atoms with van der Waals surface area (Å²) in [5.41, 5.74) is 0.943. The van der Waals surface area contributed by atoms with E-state index in [0.29, 0.717) is 19.5 Å². The van der Waals surface area contributed by atoms with Crippen molar-refractivity contribution in [2.45, 2.75) is 43.8 Å². The van der Waals surface area contributed by atoms with E-state index in [1.165, 1.54) is 0 Å². The minimum atomic E-state index is -1.30. The van der Waals surface area contributed by atoms with Crippen LogP contribution in [-0.4, -0.2) is 53.9 Å². The number of hydrogen-bond donors (Lipinski definition) is 2. The molecule has 0 bridgehead atoms. The quantitative estimate of drug-likeness (QED) is 0.391. The molecule has 0 saturated carbocycles. The van der Waals surface area contributed by atoms with Crippen molar-refractivity contribution in [3.8, 4) is 0 Å². The summed E-state index contributed by atoms with van der Waals surface area (Å²) >= 11 is 0. The number of rotatable bonds is 6. The molecule has 2 N–H and O–H groups in total. The average molecular weight is 367 g/mol. The van der Waals surface area contributed by atoms with E-state index < -0.39 is 30.0 Å². The second-order valence-electron chi connectivity index (χ2n) is 6.58. The summed E-state index contributed by atoms with van der Waals surface area (Å²) in [5, 5.41) is 16.1. The monoisotopic (exact) mass is 367 g/mol. The van der Waals surface area contributed by atoms with Crippen molar-refractivity contribution in [1.82, 2.24) is 15.5 Å². The molecule has 2 amide bonds. The maximum Gasteiger partial charge on any atom is 1.00 e. The molecule has 2 heterocycles. The van der Waals surface area contributed by atoms with Gasteiger partial charge in [-0.1, -0.05) is 30.3 Å². The second kappa shape index (κ2) is 9.50. The van der Waals surface area contributed by atoms with Crippen LogP contribution in [0.15, 0.2) is 30.3 Å². The van der Waals surface area contributed by atoms with Crippen LogP contribution in [-0.2, 0) is 20.8 Å². The number of amides is 2. The molecule has 0 aromatic heterocycles. The van der Waals surface area contributed by atoms with Crippen molar-refractivity contribution >= 4 is 17.8 Å². The van der Waals surface area contributed by atoms with E-state index in [2.05, 4.69) is 10.6 Å². The van der Waals surface area contributed by atoms with Gasteiger partial charge < -0.3 is 20.1 Å². The molecule has 0 unspecified atom stereocenters. The Morgan fingerprint density at radius 3 is 2.35 bits per heavy atom. The number of piperidine rings is 1. The first-order valence-corrected chi connectivity index (χ1v) is 8.66. The molecule has 3 atom stereocenters. The first-order valence-electron chi connectivity index (χ1n) is 8.66. The Hall–Kier alpha value is -1.41. The average Bonchev–Trinajstić information content (AvgIpc) is 3.43. The molecule has 3 rings (SSSR count). The van der Waals surface area contributed by atoms with Crippen LogP contribution >= 0.6 is 0 Å². The summed E-state index contributed by atoms with van der Waals surface area (Å²) in [7, 11) is 0. The smallest absolute Gasteiger partial charge is 0.548 e.